The van der Waals surface area contributed by atoms with Gasteiger partial charge in [-0.1, -0.05) is 12.1 Å². The summed E-state index contributed by atoms with van der Waals surface area (Å²) in [5.41, 5.74) is 1.78. The Morgan fingerprint density at radius 3 is 1.57 bits per heavy atom. The third kappa shape index (κ3) is 3.06. The molecule has 8 nitrogen and oxygen atoms in total. The average molecular weight is 382 g/mol. The molecule has 0 spiro atoms. The number of carbonyl (C=O) groups excluding carboxylic acids is 2. The number of rotatable bonds is 4. The van der Waals surface area contributed by atoms with E-state index in [2.05, 4.69) is 10.6 Å². The van der Waals surface area contributed by atoms with Crippen molar-refractivity contribution in [3.8, 4) is 23.0 Å². The van der Waals surface area contributed by atoms with Gasteiger partial charge in [0.2, 0.25) is 25.4 Å². The number of nitrogens with one attached hydrogen (secondary N) is 2. The van der Waals surface area contributed by atoms with Crippen molar-refractivity contribution in [3.63, 3.8) is 0 Å². The molecule has 2 aromatic carbocycles. The topological polar surface area (TPSA) is 95.1 Å². The first-order chi connectivity index (χ1) is 13.7. The van der Waals surface area contributed by atoms with Gasteiger partial charge in [-0.2, -0.15) is 0 Å². The van der Waals surface area contributed by atoms with Gasteiger partial charge in [-0.25, -0.2) is 0 Å². The summed E-state index contributed by atoms with van der Waals surface area (Å²) in [5.74, 6) is 2.27. The Balaban J connectivity index is 1.25. The number of ether oxygens (including phenoxy) is 4. The highest BCUT2D eigenvalue weighted by molar-refractivity contribution is 5.97. The smallest absolute Gasteiger partial charge is 0.243 e. The van der Waals surface area contributed by atoms with Gasteiger partial charge < -0.3 is 29.6 Å². The lowest BCUT2D eigenvalue weighted by Gasteiger charge is -2.29. The molecule has 0 bridgehead atoms. The minimum Gasteiger partial charge on any atom is -0.454 e. The van der Waals surface area contributed by atoms with Crippen LogP contribution in [0.25, 0.3) is 0 Å². The Labute approximate surface area is 160 Å². The van der Waals surface area contributed by atoms with Gasteiger partial charge in [-0.05, 0) is 35.4 Å². The summed E-state index contributed by atoms with van der Waals surface area (Å²) >= 11 is 0. The molecule has 2 N–H and O–H groups in total. The molecule has 2 amide bonds. The molecular weight excluding hydrogens is 364 g/mol. The van der Waals surface area contributed by atoms with E-state index in [-0.39, 0.29) is 25.4 Å². The van der Waals surface area contributed by atoms with E-state index in [1.807, 2.05) is 36.4 Å². The molecule has 2 atom stereocenters. The summed E-state index contributed by atoms with van der Waals surface area (Å²) in [7, 11) is 0. The standard InChI is InChI=1S/C20H18N2O6/c23-19-13(5-11-1-3-15-17(7-11)27-9-25-15)21-20(24)14(22-19)6-12-2-4-16-18(8-12)28-10-26-16/h1-4,7-8,13-14H,5-6,9-10H2,(H,21,24)(H,22,23). The van der Waals surface area contributed by atoms with Gasteiger partial charge in [0, 0.05) is 12.8 Å². The second-order valence-corrected chi connectivity index (χ2v) is 6.91. The SMILES string of the molecule is O=C1NC(Cc2ccc3c(c2)OCO3)C(=O)NC1Cc1ccc2c(c1)OCO2. The lowest BCUT2D eigenvalue weighted by atomic mass is 9.98. The molecule has 1 saturated heterocycles. The molecule has 0 radical (unpaired) electrons. The average Bonchev–Trinajstić information content (AvgIpc) is 3.34. The number of hydrogen-bond donors (Lipinski definition) is 2. The van der Waals surface area contributed by atoms with Crippen LogP contribution in [0, 0.1) is 0 Å². The van der Waals surface area contributed by atoms with Crippen LogP contribution in [0.5, 0.6) is 23.0 Å². The Morgan fingerprint density at radius 1 is 0.679 bits per heavy atom. The quantitative estimate of drug-likeness (QED) is 0.816. The first-order valence-electron chi connectivity index (χ1n) is 9.03. The third-order valence-corrected chi connectivity index (χ3v) is 5.02. The van der Waals surface area contributed by atoms with E-state index in [4.69, 9.17) is 18.9 Å². The van der Waals surface area contributed by atoms with Crippen molar-refractivity contribution in [1.29, 1.82) is 0 Å². The van der Waals surface area contributed by atoms with Crippen molar-refractivity contribution >= 4 is 11.8 Å². The van der Waals surface area contributed by atoms with Gasteiger partial charge >= 0.3 is 0 Å². The Bertz CT molecular complexity index is 882. The summed E-state index contributed by atoms with van der Waals surface area (Å²) in [5, 5.41) is 5.65. The van der Waals surface area contributed by atoms with Gasteiger partial charge in [0.25, 0.3) is 0 Å². The zero-order chi connectivity index (χ0) is 19.1. The zero-order valence-corrected chi connectivity index (χ0v) is 14.9. The van der Waals surface area contributed by atoms with Crippen LogP contribution in [0.1, 0.15) is 11.1 Å². The minimum absolute atomic E-state index is 0.195. The zero-order valence-electron chi connectivity index (χ0n) is 14.9. The van der Waals surface area contributed by atoms with Crippen LogP contribution in [-0.2, 0) is 22.4 Å². The van der Waals surface area contributed by atoms with Gasteiger partial charge in [-0.15, -0.1) is 0 Å². The van der Waals surface area contributed by atoms with Crippen LogP contribution in [0.3, 0.4) is 0 Å². The molecule has 2 unspecified atom stereocenters. The molecule has 2 aromatic rings. The maximum absolute atomic E-state index is 12.5. The molecule has 3 aliphatic rings. The fourth-order valence-corrected chi connectivity index (χ4v) is 3.57. The van der Waals surface area contributed by atoms with Gasteiger partial charge in [0.1, 0.15) is 12.1 Å². The van der Waals surface area contributed by atoms with Crippen LogP contribution < -0.4 is 29.6 Å². The van der Waals surface area contributed by atoms with Crippen LogP contribution in [0.2, 0.25) is 0 Å². The third-order valence-electron chi connectivity index (χ3n) is 5.02. The molecule has 28 heavy (non-hydrogen) atoms. The van der Waals surface area contributed by atoms with Crippen molar-refractivity contribution < 1.29 is 28.5 Å². The molecule has 3 heterocycles. The van der Waals surface area contributed by atoms with Crippen LogP contribution in [-0.4, -0.2) is 37.5 Å². The fraction of sp³-hybridized carbons (Fsp3) is 0.300. The maximum Gasteiger partial charge on any atom is 0.243 e. The molecule has 1 fully saturated rings. The first kappa shape index (κ1) is 16.7. The minimum atomic E-state index is -0.624. The van der Waals surface area contributed by atoms with E-state index in [9.17, 15) is 9.59 Å². The molecule has 144 valence electrons. The van der Waals surface area contributed by atoms with Gasteiger partial charge in [0.15, 0.2) is 23.0 Å². The number of piperazine rings is 1. The lowest BCUT2D eigenvalue weighted by molar-refractivity contribution is -0.136. The maximum atomic E-state index is 12.5. The van der Waals surface area contributed by atoms with E-state index < -0.39 is 12.1 Å². The largest absolute Gasteiger partial charge is 0.454 e. The summed E-state index contributed by atoms with van der Waals surface area (Å²) in [6, 6.07) is 9.77. The van der Waals surface area contributed by atoms with Crippen molar-refractivity contribution in [1.82, 2.24) is 10.6 Å². The highest BCUT2D eigenvalue weighted by Gasteiger charge is 2.34. The number of benzene rings is 2. The predicted octanol–water partition coefficient (Wildman–Crippen LogP) is 0.912. The molecule has 3 aliphatic heterocycles. The summed E-state index contributed by atoms with van der Waals surface area (Å²) in [4.78, 5) is 25.1. The highest BCUT2D eigenvalue weighted by Crippen LogP contribution is 2.34. The summed E-state index contributed by atoms with van der Waals surface area (Å²) in [6.07, 6.45) is 0.760. The highest BCUT2D eigenvalue weighted by atomic mass is 16.7. The van der Waals surface area contributed by atoms with E-state index >= 15 is 0 Å². The second kappa shape index (κ2) is 6.63. The normalized spacial score (nSPS) is 22.0. The van der Waals surface area contributed by atoms with E-state index in [1.54, 1.807) is 0 Å². The van der Waals surface area contributed by atoms with Crippen LogP contribution >= 0.6 is 0 Å². The molecule has 0 aliphatic carbocycles. The fourth-order valence-electron chi connectivity index (χ4n) is 3.57. The number of fused-ring (bicyclic) bond motifs is 2. The first-order valence-corrected chi connectivity index (χ1v) is 9.03. The lowest BCUT2D eigenvalue weighted by Crippen LogP contribution is -2.62. The second-order valence-electron chi connectivity index (χ2n) is 6.91. The summed E-state index contributed by atoms with van der Waals surface area (Å²) in [6.45, 7) is 0.391. The predicted molar refractivity (Wildman–Crippen MR) is 96.4 cm³/mol. The van der Waals surface area contributed by atoms with Crippen molar-refractivity contribution in [2.45, 2.75) is 24.9 Å². The Kier molecular flexibility index (Phi) is 3.96. The number of hydrogen-bond acceptors (Lipinski definition) is 6. The van der Waals surface area contributed by atoms with Crippen molar-refractivity contribution in [2.75, 3.05) is 13.6 Å². The number of amides is 2. The van der Waals surface area contributed by atoms with E-state index in [0.717, 1.165) is 11.1 Å². The Hall–Kier alpha value is -3.42. The van der Waals surface area contributed by atoms with Gasteiger partial charge in [-0.3, -0.25) is 9.59 Å². The Morgan fingerprint density at radius 2 is 1.11 bits per heavy atom. The van der Waals surface area contributed by atoms with Crippen molar-refractivity contribution in [3.05, 3.63) is 47.5 Å². The van der Waals surface area contributed by atoms with E-state index in [1.165, 1.54) is 0 Å². The van der Waals surface area contributed by atoms with Gasteiger partial charge in [0.05, 0.1) is 0 Å². The summed E-state index contributed by atoms with van der Waals surface area (Å²) < 4.78 is 21.3. The molecular formula is C20H18N2O6. The monoisotopic (exact) mass is 382 g/mol. The van der Waals surface area contributed by atoms with Crippen molar-refractivity contribution in [2.24, 2.45) is 0 Å². The molecule has 0 saturated carbocycles. The van der Waals surface area contributed by atoms with Crippen LogP contribution in [0.4, 0.5) is 0 Å². The van der Waals surface area contributed by atoms with E-state index in [0.29, 0.717) is 35.8 Å². The molecule has 5 rings (SSSR count). The number of carbonyl (C=O) groups is 2. The molecule has 0 aromatic heterocycles. The molecule has 8 heteroatoms. The van der Waals surface area contributed by atoms with Crippen LogP contribution in [0.15, 0.2) is 36.4 Å².